The van der Waals surface area contributed by atoms with E-state index in [0.717, 1.165) is 24.8 Å². The molecule has 0 aliphatic rings. The van der Waals surface area contributed by atoms with Gasteiger partial charge in [0.15, 0.2) is 5.58 Å². The van der Waals surface area contributed by atoms with E-state index in [2.05, 4.69) is 12.1 Å². The number of benzene rings is 1. The largest absolute Gasteiger partial charge is 0.378 e. The van der Waals surface area contributed by atoms with Crippen molar-refractivity contribution in [1.82, 2.24) is 5.16 Å². The maximum Gasteiger partial charge on any atom is 0.287 e. The normalized spacial score (nSPS) is 11.1. The molecule has 0 amide bonds. The van der Waals surface area contributed by atoms with Crippen molar-refractivity contribution in [2.24, 2.45) is 0 Å². The Morgan fingerprint density at radius 2 is 2.27 bits per heavy atom. The first kappa shape index (κ1) is 10.3. The molecule has 0 saturated heterocycles. The van der Waals surface area contributed by atoms with Gasteiger partial charge in [-0.2, -0.15) is 5.16 Å². The Hall–Kier alpha value is -1.22. The van der Waals surface area contributed by atoms with Gasteiger partial charge in [-0.1, -0.05) is 24.9 Å². The number of rotatable bonds is 3. The van der Waals surface area contributed by atoms with Crippen LogP contribution in [0.25, 0.3) is 11.0 Å². The highest BCUT2D eigenvalue weighted by molar-refractivity contribution is 6.31. The molecule has 0 atom stereocenters. The maximum atomic E-state index is 11.3. The van der Waals surface area contributed by atoms with Crippen LogP contribution in [0.3, 0.4) is 0 Å². The highest BCUT2D eigenvalue weighted by atomic mass is 35.5. The summed E-state index contributed by atoms with van der Waals surface area (Å²) in [6, 6.07) is 3.49. The van der Waals surface area contributed by atoms with Crippen LogP contribution in [0.4, 0.5) is 0 Å². The summed E-state index contributed by atoms with van der Waals surface area (Å²) in [7, 11) is 0. The third kappa shape index (κ3) is 1.92. The lowest BCUT2D eigenvalue weighted by atomic mass is 10.1. The number of nitrogens with one attached hydrogen (secondary N) is 1. The Bertz CT molecular complexity index is 527. The molecule has 0 fully saturated rings. The number of unbranched alkanes of at least 4 members (excludes halogenated alkanes) is 1. The van der Waals surface area contributed by atoms with Crippen molar-refractivity contribution in [1.29, 1.82) is 0 Å². The van der Waals surface area contributed by atoms with Crippen molar-refractivity contribution in [3.05, 3.63) is 33.1 Å². The fourth-order valence-electron chi connectivity index (χ4n) is 1.64. The van der Waals surface area contributed by atoms with Crippen molar-refractivity contribution in [2.75, 3.05) is 0 Å². The second kappa shape index (κ2) is 4.11. The van der Waals surface area contributed by atoms with Crippen LogP contribution in [0.15, 0.2) is 21.5 Å². The van der Waals surface area contributed by atoms with Crippen molar-refractivity contribution in [2.45, 2.75) is 26.2 Å². The number of aromatic nitrogens is 1. The van der Waals surface area contributed by atoms with Crippen LogP contribution >= 0.6 is 11.6 Å². The van der Waals surface area contributed by atoms with Gasteiger partial charge in [0.1, 0.15) is 0 Å². The smallest absolute Gasteiger partial charge is 0.287 e. The van der Waals surface area contributed by atoms with Crippen LogP contribution in [-0.2, 0) is 6.42 Å². The van der Waals surface area contributed by atoms with Crippen LogP contribution in [0.5, 0.6) is 0 Å². The standard InChI is InChI=1S/C11H12ClNO2/c1-2-3-4-7-5-8(12)6-9-10(7)15-13-11(9)14/h5-6H,2-4H2,1H3,(H,13,14). The Balaban J connectivity index is 2.57. The topological polar surface area (TPSA) is 46.0 Å². The molecule has 80 valence electrons. The van der Waals surface area contributed by atoms with Gasteiger partial charge in [-0.15, -0.1) is 0 Å². The van der Waals surface area contributed by atoms with E-state index >= 15 is 0 Å². The fourth-order valence-corrected chi connectivity index (χ4v) is 1.89. The summed E-state index contributed by atoms with van der Waals surface area (Å²) in [5, 5.41) is 3.45. The first-order chi connectivity index (χ1) is 7.22. The molecule has 15 heavy (non-hydrogen) atoms. The van der Waals surface area contributed by atoms with Crippen molar-refractivity contribution in [3.63, 3.8) is 0 Å². The molecule has 0 aliphatic heterocycles. The molecule has 1 N–H and O–H groups in total. The summed E-state index contributed by atoms with van der Waals surface area (Å²) < 4.78 is 5.14. The Kier molecular flexibility index (Phi) is 2.82. The molecule has 0 bridgehead atoms. The highest BCUT2D eigenvalue weighted by Crippen LogP contribution is 2.22. The predicted octanol–water partition coefficient (Wildman–Crippen LogP) is 3.12. The zero-order chi connectivity index (χ0) is 10.8. The second-order valence-electron chi connectivity index (χ2n) is 3.58. The molecule has 0 aliphatic carbocycles. The van der Waals surface area contributed by atoms with Gasteiger partial charge < -0.3 is 4.52 Å². The SMILES string of the molecule is CCCCc1cc(Cl)cc2c(=O)[nH]oc12. The third-order valence-electron chi connectivity index (χ3n) is 2.42. The Labute approximate surface area is 92.0 Å². The lowest BCUT2D eigenvalue weighted by molar-refractivity contribution is 0.446. The van der Waals surface area contributed by atoms with Gasteiger partial charge in [-0.3, -0.25) is 4.79 Å². The van der Waals surface area contributed by atoms with Crippen LogP contribution in [0, 0.1) is 0 Å². The molecule has 2 aromatic rings. The third-order valence-corrected chi connectivity index (χ3v) is 2.64. The zero-order valence-corrected chi connectivity index (χ0v) is 9.23. The predicted molar refractivity (Wildman–Crippen MR) is 60.5 cm³/mol. The van der Waals surface area contributed by atoms with Crippen LogP contribution < -0.4 is 5.56 Å². The van der Waals surface area contributed by atoms with E-state index in [1.807, 2.05) is 6.07 Å². The monoisotopic (exact) mass is 225 g/mol. The molecule has 0 saturated carbocycles. The fraction of sp³-hybridized carbons (Fsp3) is 0.364. The minimum atomic E-state index is -0.217. The van der Waals surface area contributed by atoms with Crippen LogP contribution in [-0.4, -0.2) is 5.16 Å². The maximum absolute atomic E-state index is 11.3. The van der Waals surface area contributed by atoms with Crippen LogP contribution in [0.2, 0.25) is 5.02 Å². The number of aryl methyl sites for hydroxylation is 1. The molecule has 3 nitrogen and oxygen atoms in total. The quantitative estimate of drug-likeness (QED) is 0.873. The van der Waals surface area contributed by atoms with E-state index in [-0.39, 0.29) is 5.56 Å². The molecule has 0 unspecified atom stereocenters. The first-order valence-electron chi connectivity index (χ1n) is 5.02. The molecular weight excluding hydrogens is 214 g/mol. The van der Waals surface area contributed by atoms with Gasteiger partial charge in [0.2, 0.25) is 0 Å². The molecule has 4 heteroatoms. The minimum Gasteiger partial charge on any atom is -0.378 e. The van der Waals surface area contributed by atoms with E-state index in [1.165, 1.54) is 0 Å². The Morgan fingerprint density at radius 3 is 3.00 bits per heavy atom. The number of halogens is 1. The summed E-state index contributed by atoms with van der Waals surface area (Å²) in [5.74, 6) is 0. The summed E-state index contributed by atoms with van der Waals surface area (Å²) >= 11 is 5.94. The minimum absolute atomic E-state index is 0.217. The van der Waals surface area contributed by atoms with Crippen LogP contribution in [0.1, 0.15) is 25.3 Å². The average Bonchev–Trinajstić information content (AvgIpc) is 2.57. The van der Waals surface area contributed by atoms with Gasteiger partial charge in [-0.25, -0.2) is 0 Å². The molecule has 0 radical (unpaired) electrons. The Morgan fingerprint density at radius 1 is 1.47 bits per heavy atom. The summed E-state index contributed by atoms with van der Waals surface area (Å²) in [6.07, 6.45) is 3.04. The van der Waals surface area contributed by atoms with Gasteiger partial charge in [-0.05, 0) is 30.5 Å². The van der Waals surface area contributed by atoms with Gasteiger partial charge in [0.05, 0.1) is 5.39 Å². The molecule has 1 aromatic carbocycles. The average molecular weight is 226 g/mol. The highest BCUT2D eigenvalue weighted by Gasteiger charge is 2.09. The molecule has 0 spiro atoms. The summed E-state index contributed by atoms with van der Waals surface area (Å²) in [5.41, 5.74) is 1.42. The second-order valence-corrected chi connectivity index (χ2v) is 4.01. The molecule has 2 rings (SSSR count). The zero-order valence-electron chi connectivity index (χ0n) is 8.47. The lowest BCUT2D eigenvalue weighted by Gasteiger charge is -2.00. The van der Waals surface area contributed by atoms with Crippen molar-refractivity contribution < 1.29 is 4.52 Å². The number of fused-ring (bicyclic) bond motifs is 1. The van der Waals surface area contributed by atoms with Gasteiger partial charge >= 0.3 is 0 Å². The van der Waals surface area contributed by atoms with Crippen molar-refractivity contribution in [3.8, 4) is 0 Å². The van der Waals surface area contributed by atoms with E-state index in [0.29, 0.717) is 16.0 Å². The van der Waals surface area contributed by atoms with Gasteiger partial charge in [0.25, 0.3) is 5.56 Å². The number of aromatic amines is 1. The molecular formula is C11H12ClNO2. The molecule has 1 heterocycles. The van der Waals surface area contributed by atoms with Crippen molar-refractivity contribution >= 4 is 22.6 Å². The first-order valence-corrected chi connectivity index (χ1v) is 5.39. The molecule has 1 aromatic heterocycles. The van der Waals surface area contributed by atoms with E-state index in [9.17, 15) is 4.79 Å². The summed E-state index contributed by atoms with van der Waals surface area (Å²) in [4.78, 5) is 11.3. The van der Waals surface area contributed by atoms with Gasteiger partial charge in [0, 0.05) is 5.02 Å². The lowest BCUT2D eigenvalue weighted by Crippen LogP contribution is -1.97. The number of H-pyrrole nitrogens is 1. The van der Waals surface area contributed by atoms with E-state index < -0.39 is 0 Å². The number of hydrogen-bond donors (Lipinski definition) is 1. The number of hydrogen-bond acceptors (Lipinski definition) is 2. The summed E-state index contributed by atoms with van der Waals surface area (Å²) in [6.45, 7) is 2.12. The van der Waals surface area contributed by atoms with E-state index in [4.69, 9.17) is 16.1 Å². The van der Waals surface area contributed by atoms with E-state index in [1.54, 1.807) is 6.07 Å².